The monoisotopic (exact) mass is 343 g/mol. The van der Waals surface area contributed by atoms with Crippen molar-refractivity contribution in [2.24, 2.45) is 0 Å². The molecule has 1 saturated heterocycles. The zero-order valence-corrected chi connectivity index (χ0v) is 14.3. The Bertz CT molecular complexity index is 825. The molecular formula is C18H21N3O4. The van der Waals surface area contributed by atoms with E-state index in [9.17, 15) is 9.59 Å². The number of hydrogen-bond donors (Lipinski definition) is 1. The van der Waals surface area contributed by atoms with Crippen LogP contribution in [0.1, 0.15) is 28.9 Å². The fourth-order valence-corrected chi connectivity index (χ4v) is 2.82. The molecule has 2 aromatic rings. The number of aromatic nitrogens is 2. The number of carbonyl (C=O) groups is 1. The van der Waals surface area contributed by atoms with E-state index in [-0.39, 0.29) is 23.1 Å². The summed E-state index contributed by atoms with van der Waals surface area (Å²) < 4.78 is 11.9. The summed E-state index contributed by atoms with van der Waals surface area (Å²) >= 11 is 0. The van der Waals surface area contributed by atoms with Crippen LogP contribution in [0.3, 0.4) is 0 Å². The van der Waals surface area contributed by atoms with E-state index < -0.39 is 5.91 Å². The molecule has 1 aliphatic rings. The van der Waals surface area contributed by atoms with Crippen LogP contribution in [0.15, 0.2) is 35.1 Å². The number of aryl methyl sites for hydroxylation is 1. The van der Waals surface area contributed by atoms with Crippen molar-refractivity contribution in [3.05, 3.63) is 51.9 Å². The van der Waals surface area contributed by atoms with Crippen molar-refractivity contribution in [3.8, 4) is 11.4 Å². The predicted octanol–water partition coefficient (Wildman–Crippen LogP) is 1.46. The number of methoxy groups -OCH3 is 1. The number of amides is 1. The second-order valence-electron chi connectivity index (χ2n) is 5.94. The van der Waals surface area contributed by atoms with E-state index in [0.717, 1.165) is 25.0 Å². The van der Waals surface area contributed by atoms with Crippen LogP contribution in [0.5, 0.6) is 5.75 Å². The Hall–Kier alpha value is -2.67. The minimum absolute atomic E-state index is 0.0252. The molecule has 0 bridgehead atoms. The van der Waals surface area contributed by atoms with E-state index in [1.54, 1.807) is 6.07 Å². The van der Waals surface area contributed by atoms with Crippen molar-refractivity contribution in [2.45, 2.75) is 25.9 Å². The maximum absolute atomic E-state index is 12.5. The molecule has 7 nitrogen and oxygen atoms in total. The van der Waals surface area contributed by atoms with Crippen LogP contribution in [0, 0.1) is 6.92 Å². The van der Waals surface area contributed by atoms with Gasteiger partial charge < -0.3 is 14.8 Å². The molecule has 0 aliphatic carbocycles. The molecule has 1 atom stereocenters. The Morgan fingerprint density at radius 3 is 2.92 bits per heavy atom. The lowest BCUT2D eigenvalue weighted by Gasteiger charge is -2.14. The summed E-state index contributed by atoms with van der Waals surface area (Å²) in [6.45, 7) is 3.01. The van der Waals surface area contributed by atoms with Gasteiger partial charge in [0.1, 0.15) is 0 Å². The van der Waals surface area contributed by atoms with Crippen molar-refractivity contribution in [1.29, 1.82) is 0 Å². The maximum atomic E-state index is 12.5. The standard InChI is InChI=1S/C18H21N3O4/c1-12-6-3-4-8-14(12)21-16(22)10-15(24-2)17(20-21)18(23)19-11-13-7-5-9-25-13/h3-4,6,8,10,13H,5,7,9,11H2,1-2H3,(H,19,23)/t13-/m1/s1. The van der Waals surface area contributed by atoms with Crippen LogP contribution < -0.4 is 15.6 Å². The SMILES string of the molecule is COc1cc(=O)n(-c2ccccc2C)nc1C(=O)NC[C@H]1CCCO1. The summed E-state index contributed by atoms with van der Waals surface area (Å²) in [5.41, 5.74) is 1.22. The fourth-order valence-electron chi connectivity index (χ4n) is 2.82. The first-order valence-corrected chi connectivity index (χ1v) is 8.24. The Labute approximate surface area is 145 Å². The van der Waals surface area contributed by atoms with Gasteiger partial charge in [0, 0.05) is 13.2 Å². The molecule has 1 amide bonds. The van der Waals surface area contributed by atoms with Crippen molar-refractivity contribution >= 4 is 5.91 Å². The topological polar surface area (TPSA) is 82.5 Å². The Balaban J connectivity index is 1.92. The summed E-state index contributed by atoms with van der Waals surface area (Å²) in [5, 5.41) is 7.05. The van der Waals surface area contributed by atoms with Crippen molar-refractivity contribution in [3.63, 3.8) is 0 Å². The third kappa shape index (κ3) is 3.71. The molecular weight excluding hydrogens is 322 g/mol. The van der Waals surface area contributed by atoms with Gasteiger partial charge >= 0.3 is 0 Å². The molecule has 2 heterocycles. The Kier molecular flexibility index (Phi) is 5.14. The van der Waals surface area contributed by atoms with Gasteiger partial charge in [-0.05, 0) is 31.4 Å². The fraction of sp³-hybridized carbons (Fsp3) is 0.389. The number of ether oxygens (including phenoxy) is 2. The highest BCUT2D eigenvalue weighted by atomic mass is 16.5. The van der Waals surface area contributed by atoms with Crippen LogP contribution >= 0.6 is 0 Å². The van der Waals surface area contributed by atoms with Crippen molar-refractivity contribution in [2.75, 3.05) is 20.3 Å². The van der Waals surface area contributed by atoms with E-state index in [1.165, 1.54) is 17.9 Å². The number of benzene rings is 1. The lowest BCUT2D eigenvalue weighted by Crippen LogP contribution is -2.34. The van der Waals surface area contributed by atoms with Gasteiger partial charge in [-0.1, -0.05) is 18.2 Å². The molecule has 0 spiro atoms. The summed E-state index contributed by atoms with van der Waals surface area (Å²) in [5.74, 6) is -0.241. The number of para-hydroxylation sites is 1. The number of nitrogens with zero attached hydrogens (tertiary/aromatic N) is 2. The van der Waals surface area contributed by atoms with Gasteiger partial charge in [-0.2, -0.15) is 9.78 Å². The zero-order valence-electron chi connectivity index (χ0n) is 14.3. The molecule has 0 saturated carbocycles. The van der Waals surface area contributed by atoms with Gasteiger partial charge in [-0.15, -0.1) is 0 Å². The minimum atomic E-state index is -0.394. The normalized spacial score (nSPS) is 16.6. The lowest BCUT2D eigenvalue weighted by molar-refractivity contribution is 0.0849. The molecule has 1 fully saturated rings. The first-order chi connectivity index (χ1) is 12.1. The van der Waals surface area contributed by atoms with Gasteiger partial charge in [0.2, 0.25) is 0 Å². The molecule has 0 unspecified atom stereocenters. The third-order valence-electron chi connectivity index (χ3n) is 4.19. The number of carbonyl (C=O) groups excluding carboxylic acids is 1. The highest BCUT2D eigenvalue weighted by Crippen LogP contribution is 2.16. The van der Waals surface area contributed by atoms with Gasteiger partial charge in [0.25, 0.3) is 11.5 Å². The van der Waals surface area contributed by atoms with Gasteiger partial charge in [-0.25, -0.2) is 0 Å². The zero-order chi connectivity index (χ0) is 17.8. The van der Waals surface area contributed by atoms with Crippen LogP contribution in [0.2, 0.25) is 0 Å². The molecule has 25 heavy (non-hydrogen) atoms. The Morgan fingerprint density at radius 2 is 2.24 bits per heavy atom. The number of rotatable bonds is 5. The first kappa shape index (κ1) is 17.2. The van der Waals surface area contributed by atoms with Crippen molar-refractivity contribution in [1.82, 2.24) is 15.1 Å². The molecule has 1 aliphatic heterocycles. The maximum Gasteiger partial charge on any atom is 0.275 e. The highest BCUT2D eigenvalue weighted by molar-refractivity contribution is 5.94. The summed E-state index contributed by atoms with van der Waals surface area (Å²) in [4.78, 5) is 24.9. The highest BCUT2D eigenvalue weighted by Gasteiger charge is 2.21. The second kappa shape index (κ2) is 7.48. The van der Waals surface area contributed by atoms with E-state index in [0.29, 0.717) is 12.2 Å². The van der Waals surface area contributed by atoms with Crippen LogP contribution in [0.4, 0.5) is 0 Å². The summed E-state index contributed by atoms with van der Waals surface area (Å²) in [6.07, 6.45) is 1.95. The number of hydrogen-bond acceptors (Lipinski definition) is 5. The van der Waals surface area contributed by atoms with E-state index >= 15 is 0 Å². The molecule has 1 N–H and O–H groups in total. The second-order valence-corrected chi connectivity index (χ2v) is 5.94. The van der Waals surface area contributed by atoms with Gasteiger partial charge in [0.15, 0.2) is 11.4 Å². The number of nitrogens with one attached hydrogen (secondary N) is 1. The summed E-state index contributed by atoms with van der Waals surface area (Å²) in [6, 6.07) is 8.63. The molecule has 0 radical (unpaired) electrons. The minimum Gasteiger partial charge on any atom is -0.494 e. The van der Waals surface area contributed by atoms with Crippen LogP contribution in [-0.2, 0) is 4.74 Å². The van der Waals surface area contributed by atoms with E-state index in [1.807, 2.05) is 25.1 Å². The average molecular weight is 343 g/mol. The Morgan fingerprint density at radius 1 is 1.44 bits per heavy atom. The largest absolute Gasteiger partial charge is 0.494 e. The molecule has 1 aromatic carbocycles. The third-order valence-corrected chi connectivity index (χ3v) is 4.19. The molecule has 132 valence electrons. The van der Waals surface area contributed by atoms with E-state index in [2.05, 4.69) is 10.4 Å². The first-order valence-electron chi connectivity index (χ1n) is 8.24. The summed E-state index contributed by atoms with van der Waals surface area (Å²) in [7, 11) is 1.41. The lowest BCUT2D eigenvalue weighted by atomic mass is 10.2. The average Bonchev–Trinajstić information content (AvgIpc) is 3.13. The van der Waals surface area contributed by atoms with Crippen LogP contribution in [-0.4, -0.2) is 42.1 Å². The smallest absolute Gasteiger partial charge is 0.275 e. The van der Waals surface area contributed by atoms with E-state index in [4.69, 9.17) is 9.47 Å². The van der Waals surface area contributed by atoms with Crippen molar-refractivity contribution < 1.29 is 14.3 Å². The molecule has 7 heteroatoms. The predicted molar refractivity (Wildman–Crippen MR) is 92.4 cm³/mol. The van der Waals surface area contributed by atoms with Gasteiger partial charge in [0.05, 0.1) is 25.0 Å². The van der Waals surface area contributed by atoms with Gasteiger partial charge in [-0.3, -0.25) is 9.59 Å². The molecule has 1 aromatic heterocycles. The van der Waals surface area contributed by atoms with Crippen LogP contribution in [0.25, 0.3) is 5.69 Å². The quantitative estimate of drug-likeness (QED) is 0.889. The molecule has 3 rings (SSSR count).